The van der Waals surface area contributed by atoms with E-state index in [2.05, 4.69) is 10.6 Å². The molecule has 1 fully saturated rings. The normalized spacial score (nSPS) is 18.4. The Morgan fingerprint density at radius 3 is 2.95 bits per heavy atom. The van der Waals surface area contributed by atoms with Crippen LogP contribution in [0.4, 0.5) is 0 Å². The second-order valence-electron chi connectivity index (χ2n) is 5.33. The van der Waals surface area contributed by atoms with E-state index in [1.54, 1.807) is 0 Å². The maximum Gasteiger partial charge on any atom is 0.287 e. The summed E-state index contributed by atoms with van der Waals surface area (Å²) in [5, 5.41) is 6.34. The molecule has 0 aliphatic carbocycles. The van der Waals surface area contributed by atoms with Gasteiger partial charge in [0.1, 0.15) is 5.76 Å². The molecule has 0 aromatic carbocycles. The zero-order valence-corrected chi connectivity index (χ0v) is 13.1. The van der Waals surface area contributed by atoms with E-state index in [4.69, 9.17) is 4.42 Å². The lowest BCUT2D eigenvalue weighted by molar-refractivity contribution is 0.0921. The van der Waals surface area contributed by atoms with Gasteiger partial charge in [0.2, 0.25) is 0 Å². The van der Waals surface area contributed by atoms with Gasteiger partial charge in [0.15, 0.2) is 5.76 Å². The number of furan rings is 1. The van der Waals surface area contributed by atoms with Crippen LogP contribution in [0.3, 0.4) is 0 Å². The number of rotatable bonds is 5. The molecule has 1 aromatic rings. The van der Waals surface area contributed by atoms with Gasteiger partial charge in [-0.25, -0.2) is 0 Å². The number of nitrogens with one attached hydrogen (secondary N) is 2. The second-order valence-corrected chi connectivity index (χ2v) is 5.33. The summed E-state index contributed by atoms with van der Waals surface area (Å²) in [7, 11) is 0. The Kier molecular flexibility index (Phi) is 7.10. The van der Waals surface area contributed by atoms with E-state index >= 15 is 0 Å². The summed E-state index contributed by atoms with van der Waals surface area (Å²) in [4.78, 5) is 11.9. The third kappa shape index (κ3) is 4.53. The van der Waals surface area contributed by atoms with Gasteiger partial charge in [0.25, 0.3) is 5.91 Å². The molecular formula is C15H25ClN2O2. The number of hydrogen-bond donors (Lipinski definition) is 2. The average molecular weight is 301 g/mol. The van der Waals surface area contributed by atoms with E-state index in [0.29, 0.717) is 11.7 Å². The number of hydrogen-bond acceptors (Lipinski definition) is 3. The van der Waals surface area contributed by atoms with Crippen LogP contribution < -0.4 is 10.6 Å². The van der Waals surface area contributed by atoms with Crippen LogP contribution in [0.2, 0.25) is 0 Å². The summed E-state index contributed by atoms with van der Waals surface area (Å²) >= 11 is 0. The molecule has 1 aromatic heterocycles. The minimum Gasteiger partial charge on any atom is -0.456 e. The van der Waals surface area contributed by atoms with Crippen molar-refractivity contribution in [2.45, 2.75) is 39.5 Å². The average Bonchev–Trinajstić information content (AvgIpc) is 2.81. The van der Waals surface area contributed by atoms with Crippen molar-refractivity contribution in [1.82, 2.24) is 10.6 Å². The molecule has 1 saturated heterocycles. The molecule has 1 aliphatic rings. The van der Waals surface area contributed by atoms with Gasteiger partial charge in [-0.05, 0) is 56.8 Å². The summed E-state index contributed by atoms with van der Waals surface area (Å²) in [5.41, 5.74) is 1.06. The summed E-state index contributed by atoms with van der Waals surface area (Å²) in [6.45, 7) is 6.95. The smallest absolute Gasteiger partial charge is 0.287 e. The molecule has 1 aliphatic heterocycles. The molecule has 5 heteroatoms. The van der Waals surface area contributed by atoms with Crippen LogP contribution in [-0.4, -0.2) is 25.5 Å². The van der Waals surface area contributed by atoms with E-state index in [0.717, 1.165) is 43.8 Å². The first kappa shape index (κ1) is 17.1. The van der Waals surface area contributed by atoms with Gasteiger partial charge in [0, 0.05) is 13.0 Å². The summed E-state index contributed by atoms with van der Waals surface area (Å²) < 4.78 is 5.54. The minimum atomic E-state index is -0.0911. The van der Waals surface area contributed by atoms with E-state index in [-0.39, 0.29) is 18.3 Å². The highest BCUT2D eigenvalue weighted by Gasteiger charge is 2.15. The molecule has 2 N–H and O–H groups in total. The van der Waals surface area contributed by atoms with E-state index in [1.165, 1.54) is 12.8 Å². The Hall–Kier alpha value is -1.00. The fraction of sp³-hybridized carbons (Fsp3) is 0.667. The topological polar surface area (TPSA) is 54.3 Å². The third-order valence-corrected chi connectivity index (χ3v) is 3.80. The first-order valence-electron chi connectivity index (χ1n) is 7.29. The van der Waals surface area contributed by atoms with E-state index in [9.17, 15) is 4.79 Å². The van der Waals surface area contributed by atoms with Crippen molar-refractivity contribution in [2.24, 2.45) is 5.92 Å². The Morgan fingerprint density at radius 2 is 2.35 bits per heavy atom. The lowest BCUT2D eigenvalue weighted by Crippen LogP contribution is -2.33. The highest BCUT2D eigenvalue weighted by atomic mass is 35.5. The van der Waals surface area contributed by atoms with Gasteiger partial charge in [-0.2, -0.15) is 0 Å². The molecule has 1 unspecified atom stereocenters. The van der Waals surface area contributed by atoms with Crippen LogP contribution in [0.1, 0.15) is 48.1 Å². The molecule has 0 saturated carbocycles. The standard InChI is InChI=1S/C15H24N2O2.ClH/c1-3-13-11(2)9-14(19-13)15(18)17-8-6-12-5-4-7-16-10-12;/h9,12,16H,3-8,10H2,1-2H3,(H,17,18);1H. The monoisotopic (exact) mass is 300 g/mol. The lowest BCUT2D eigenvalue weighted by atomic mass is 9.96. The zero-order chi connectivity index (χ0) is 13.7. The molecule has 4 nitrogen and oxygen atoms in total. The van der Waals surface area contributed by atoms with Crippen LogP contribution in [0.15, 0.2) is 10.5 Å². The third-order valence-electron chi connectivity index (χ3n) is 3.80. The largest absolute Gasteiger partial charge is 0.456 e. The SMILES string of the molecule is CCc1oc(C(=O)NCCC2CCCNC2)cc1C.Cl. The Morgan fingerprint density at radius 1 is 1.55 bits per heavy atom. The molecule has 114 valence electrons. The first-order chi connectivity index (χ1) is 9.20. The number of piperidine rings is 1. The molecule has 2 heterocycles. The quantitative estimate of drug-likeness (QED) is 0.879. The van der Waals surface area contributed by atoms with E-state index in [1.807, 2.05) is 19.9 Å². The lowest BCUT2D eigenvalue weighted by Gasteiger charge is -2.22. The summed E-state index contributed by atoms with van der Waals surface area (Å²) in [6.07, 6.45) is 4.38. The molecule has 1 atom stereocenters. The van der Waals surface area contributed by atoms with Gasteiger partial charge in [-0.15, -0.1) is 12.4 Å². The van der Waals surface area contributed by atoms with Crippen LogP contribution in [0.5, 0.6) is 0 Å². The minimum absolute atomic E-state index is 0. The van der Waals surface area contributed by atoms with Crippen molar-refractivity contribution in [1.29, 1.82) is 0 Å². The Balaban J connectivity index is 0.00000200. The van der Waals surface area contributed by atoms with Crippen molar-refractivity contribution in [3.05, 3.63) is 23.2 Å². The highest BCUT2D eigenvalue weighted by Crippen LogP contribution is 2.16. The fourth-order valence-corrected chi connectivity index (χ4v) is 2.63. The molecule has 20 heavy (non-hydrogen) atoms. The van der Waals surface area contributed by atoms with Crippen LogP contribution in [0, 0.1) is 12.8 Å². The Labute approximate surface area is 127 Å². The van der Waals surface area contributed by atoms with Crippen molar-refractivity contribution in [3.8, 4) is 0 Å². The maximum absolute atomic E-state index is 11.9. The van der Waals surface area contributed by atoms with Crippen LogP contribution >= 0.6 is 12.4 Å². The van der Waals surface area contributed by atoms with Gasteiger partial charge < -0.3 is 15.1 Å². The van der Waals surface area contributed by atoms with Gasteiger partial charge in [-0.3, -0.25) is 4.79 Å². The van der Waals surface area contributed by atoms with Crippen LogP contribution in [-0.2, 0) is 6.42 Å². The molecule has 0 bridgehead atoms. The Bertz CT molecular complexity index is 426. The number of aryl methyl sites for hydroxylation is 2. The second kappa shape index (κ2) is 8.32. The maximum atomic E-state index is 11.9. The van der Waals surface area contributed by atoms with Crippen molar-refractivity contribution in [2.75, 3.05) is 19.6 Å². The van der Waals surface area contributed by atoms with Crippen molar-refractivity contribution >= 4 is 18.3 Å². The fourth-order valence-electron chi connectivity index (χ4n) is 2.63. The number of amides is 1. The van der Waals surface area contributed by atoms with Gasteiger partial charge >= 0.3 is 0 Å². The predicted molar refractivity (Wildman–Crippen MR) is 82.6 cm³/mol. The number of halogens is 1. The summed E-state index contributed by atoms with van der Waals surface area (Å²) in [6, 6.07) is 1.83. The zero-order valence-electron chi connectivity index (χ0n) is 12.3. The van der Waals surface area contributed by atoms with Gasteiger partial charge in [0.05, 0.1) is 0 Å². The predicted octanol–water partition coefficient (Wildman–Crippen LogP) is 2.69. The summed E-state index contributed by atoms with van der Waals surface area (Å²) in [5.74, 6) is 1.95. The van der Waals surface area contributed by atoms with E-state index < -0.39 is 0 Å². The number of carbonyl (C=O) groups excluding carboxylic acids is 1. The van der Waals surface area contributed by atoms with Crippen LogP contribution in [0.25, 0.3) is 0 Å². The first-order valence-corrected chi connectivity index (χ1v) is 7.29. The molecule has 2 rings (SSSR count). The van der Waals surface area contributed by atoms with Crippen molar-refractivity contribution < 1.29 is 9.21 Å². The molecule has 0 radical (unpaired) electrons. The van der Waals surface area contributed by atoms with Crippen molar-refractivity contribution in [3.63, 3.8) is 0 Å². The number of carbonyl (C=O) groups is 1. The highest BCUT2D eigenvalue weighted by molar-refractivity contribution is 5.91. The molecule has 0 spiro atoms. The molecule has 1 amide bonds. The molecular weight excluding hydrogens is 276 g/mol. The van der Waals surface area contributed by atoms with Gasteiger partial charge in [-0.1, -0.05) is 6.92 Å².